The lowest BCUT2D eigenvalue weighted by atomic mass is 10.3. The van der Waals surface area contributed by atoms with Crippen LogP contribution in [-0.2, 0) is 10.0 Å². The number of carboxylic acid groups (broad SMARTS) is 1. The van der Waals surface area contributed by atoms with Gasteiger partial charge in [0.1, 0.15) is 10.6 Å². The number of carbonyl (C=O) groups is 1. The molecule has 0 unspecified atom stereocenters. The van der Waals surface area contributed by atoms with Crippen molar-refractivity contribution in [2.24, 2.45) is 0 Å². The molecular weight excluding hydrogens is 292 g/mol. The topological polar surface area (TPSA) is 79.6 Å². The van der Waals surface area contributed by atoms with Crippen molar-refractivity contribution in [1.82, 2.24) is 8.87 Å². The third kappa shape index (κ3) is 3.74. The largest absolute Gasteiger partial charge is 0.477 e. The van der Waals surface area contributed by atoms with Gasteiger partial charge in [0.2, 0.25) is 10.0 Å². The van der Waals surface area contributed by atoms with Crippen LogP contribution in [0.25, 0.3) is 0 Å². The van der Waals surface area contributed by atoms with Crippen molar-refractivity contribution < 1.29 is 18.3 Å². The summed E-state index contributed by atoms with van der Waals surface area (Å²) in [5.74, 6) is -1.15. The zero-order chi connectivity index (χ0) is 16.4. The van der Waals surface area contributed by atoms with Crippen LogP contribution in [0.5, 0.6) is 0 Å². The van der Waals surface area contributed by atoms with Gasteiger partial charge in [-0.05, 0) is 26.8 Å². The third-order valence-electron chi connectivity index (χ3n) is 3.04. The van der Waals surface area contributed by atoms with Crippen molar-refractivity contribution >= 4 is 16.0 Å². The maximum Gasteiger partial charge on any atom is 0.352 e. The van der Waals surface area contributed by atoms with Crippen molar-refractivity contribution in [3.63, 3.8) is 0 Å². The highest BCUT2D eigenvalue weighted by Gasteiger charge is 2.27. The van der Waals surface area contributed by atoms with Crippen molar-refractivity contribution in [2.75, 3.05) is 13.1 Å². The van der Waals surface area contributed by atoms with Gasteiger partial charge in [-0.2, -0.15) is 4.31 Å². The Kier molecular flexibility index (Phi) is 5.36. The Morgan fingerprint density at radius 1 is 1.48 bits per heavy atom. The fraction of sp³-hybridized carbons (Fsp3) is 0.500. The van der Waals surface area contributed by atoms with Crippen LogP contribution in [0.3, 0.4) is 0 Å². The van der Waals surface area contributed by atoms with Crippen LogP contribution >= 0.6 is 0 Å². The molecule has 7 heteroatoms. The van der Waals surface area contributed by atoms with Crippen molar-refractivity contribution in [1.29, 1.82) is 0 Å². The van der Waals surface area contributed by atoms with Gasteiger partial charge in [-0.1, -0.05) is 19.1 Å². The zero-order valence-electron chi connectivity index (χ0n) is 12.8. The average Bonchev–Trinajstić information content (AvgIpc) is 2.81. The molecule has 0 atom stereocenters. The number of sulfonamides is 1. The van der Waals surface area contributed by atoms with Crippen LogP contribution in [0.1, 0.15) is 44.2 Å². The summed E-state index contributed by atoms with van der Waals surface area (Å²) in [6.07, 6.45) is 1.38. The summed E-state index contributed by atoms with van der Waals surface area (Å²) in [5, 5.41) is 9.19. The fourth-order valence-electron chi connectivity index (χ4n) is 2.01. The van der Waals surface area contributed by atoms with E-state index in [4.69, 9.17) is 0 Å². The van der Waals surface area contributed by atoms with Gasteiger partial charge < -0.3 is 9.67 Å². The number of rotatable bonds is 7. The van der Waals surface area contributed by atoms with Gasteiger partial charge in [-0.15, -0.1) is 0 Å². The van der Waals surface area contributed by atoms with Crippen LogP contribution in [0.4, 0.5) is 0 Å². The lowest BCUT2D eigenvalue weighted by Gasteiger charge is -2.19. The van der Waals surface area contributed by atoms with E-state index in [1.807, 2.05) is 0 Å². The molecule has 0 aliphatic rings. The Morgan fingerprint density at radius 3 is 2.38 bits per heavy atom. The first-order chi connectivity index (χ1) is 9.61. The van der Waals surface area contributed by atoms with Gasteiger partial charge in [-0.25, -0.2) is 13.2 Å². The lowest BCUT2D eigenvalue weighted by molar-refractivity contribution is 0.0683. The maximum absolute atomic E-state index is 12.6. The number of nitrogens with zero attached hydrogens (tertiary/aromatic N) is 2. The molecule has 1 heterocycles. The van der Waals surface area contributed by atoms with Crippen LogP contribution in [0.2, 0.25) is 0 Å². The van der Waals surface area contributed by atoms with Crippen LogP contribution in [-0.4, -0.2) is 41.5 Å². The number of hydrogen-bond acceptors (Lipinski definition) is 3. The molecule has 0 saturated carbocycles. The monoisotopic (exact) mass is 314 g/mol. The van der Waals surface area contributed by atoms with Crippen LogP contribution in [0, 0.1) is 0 Å². The Bertz CT molecular complexity index is 644. The zero-order valence-corrected chi connectivity index (χ0v) is 13.6. The van der Waals surface area contributed by atoms with Gasteiger partial charge in [-0.3, -0.25) is 0 Å². The molecule has 1 rings (SSSR count). The summed E-state index contributed by atoms with van der Waals surface area (Å²) < 4.78 is 27.9. The third-order valence-corrected chi connectivity index (χ3v) is 4.92. The lowest BCUT2D eigenvalue weighted by Crippen LogP contribution is -2.32. The maximum atomic E-state index is 12.6. The number of aromatic carboxylic acids is 1. The van der Waals surface area contributed by atoms with Crippen molar-refractivity contribution in [3.8, 4) is 0 Å². The first kappa shape index (κ1) is 17.5. The second kappa shape index (κ2) is 6.44. The Hall–Kier alpha value is -1.60. The van der Waals surface area contributed by atoms with Gasteiger partial charge in [0.15, 0.2) is 0 Å². The number of likely N-dealkylation sites (N-methyl/N-ethyl adjacent to an activating group) is 1. The second-order valence-electron chi connectivity index (χ2n) is 5.26. The molecule has 0 aromatic carbocycles. The normalized spacial score (nSPS) is 12.1. The van der Waals surface area contributed by atoms with Gasteiger partial charge in [0.25, 0.3) is 0 Å². The second-order valence-corrected chi connectivity index (χ2v) is 7.19. The number of carboxylic acids is 1. The predicted molar refractivity (Wildman–Crippen MR) is 81.0 cm³/mol. The molecule has 0 aliphatic carbocycles. The highest BCUT2D eigenvalue weighted by Crippen LogP contribution is 2.22. The average molecular weight is 314 g/mol. The summed E-state index contributed by atoms with van der Waals surface area (Å²) in [4.78, 5) is 11.2. The number of aromatic nitrogens is 1. The highest BCUT2D eigenvalue weighted by atomic mass is 32.2. The Balaban J connectivity index is 3.34. The summed E-state index contributed by atoms with van der Waals surface area (Å²) in [5.41, 5.74) is 0.692. The summed E-state index contributed by atoms with van der Waals surface area (Å²) in [7, 11) is -3.73. The summed E-state index contributed by atoms with van der Waals surface area (Å²) >= 11 is 0. The van der Waals surface area contributed by atoms with E-state index in [0.29, 0.717) is 6.54 Å². The molecule has 21 heavy (non-hydrogen) atoms. The molecule has 0 fully saturated rings. The van der Waals surface area contributed by atoms with E-state index in [-0.39, 0.29) is 23.2 Å². The number of hydrogen-bond donors (Lipinski definition) is 1. The van der Waals surface area contributed by atoms with Gasteiger partial charge in [0.05, 0.1) is 0 Å². The molecule has 0 bridgehead atoms. The molecule has 6 nitrogen and oxygen atoms in total. The van der Waals surface area contributed by atoms with E-state index in [1.54, 1.807) is 27.7 Å². The first-order valence-electron chi connectivity index (χ1n) is 6.71. The molecule has 0 spiro atoms. The van der Waals surface area contributed by atoms with E-state index >= 15 is 0 Å². The van der Waals surface area contributed by atoms with E-state index in [0.717, 1.165) is 5.57 Å². The highest BCUT2D eigenvalue weighted by molar-refractivity contribution is 7.89. The minimum Gasteiger partial charge on any atom is -0.477 e. The SMILES string of the molecule is C=C(C)CN(CC)S(=O)(=O)c1cc(C(=O)O)n(C(C)C)c1. The molecule has 118 valence electrons. The van der Waals surface area contributed by atoms with Gasteiger partial charge in [0, 0.05) is 25.3 Å². The first-order valence-corrected chi connectivity index (χ1v) is 8.15. The standard InChI is InChI=1S/C14H22N2O4S/c1-6-15(8-10(2)3)21(19,20)12-7-13(14(17)18)16(9-12)11(4)5/h7,9,11H,2,6,8H2,1,3-5H3,(H,17,18). The van der Waals surface area contributed by atoms with Gasteiger partial charge >= 0.3 is 5.97 Å². The summed E-state index contributed by atoms with van der Waals surface area (Å²) in [6, 6.07) is 1.06. The molecule has 1 aromatic rings. The molecule has 0 saturated heterocycles. The molecule has 0 aliphatic heterocycles. The van der Waals surface area contributed by atoms with Crippen molar-refractivity contribution in [3.05, 3.63) is 30.1 Å². The minimum absolute atomic E-state index is 0.00306. The molecule has 0 amide bonds. The smallest absolute Gasteiger partial charge is 0.352 e. The Labute approximate surface area is 125 Å². The Morgan fingerprint density at radius 2 is 2.05 bits per heavy atom. The molecule has 0 radical (unpaired) electrons. The summed E-state index contributed by atoms with van der Waals surface area (Å²) in [6.45, 7) is 11.3. The van der Waals surface area contributed by atoms with E-state index in [1.165, 1.54) is 21.1 Å². The quantitative estimate of drug-likeness (QED) is 0.784. The molecule has 1 N–H and O–H groups in total. The van der Waals surface area contributed by atoms with Crippen LogP contribution < -0.4 is 0 Å². The van der Waals surface area contributed by atoms with E-state index in [9.17, 15) is 18.3 Å². The minimum atomic E-state index is -3.73. The molecular formula is C14H22N2O4S. The van der Waals surface area contributed by atoms with Crippen LogP contribution in [0.15, 0.2) is 29.3 Å². The predicted octanol–water partition coefficient (Wildman–Crippen LogP) is 2.35. The molecule has 1 aromatic heterocycles. The van der Waals surface area contributed by atoms with Crippen molar-refractivity contribution in [2.45, 2.75) is 38.6 Å². The van der Waals surface area contributed by atoms with E-state index in [2.05, 4.69) is 6.58 Å². The fourth-order valence-corrected chi connectivity index (χ4v) is 3.55. The van der Waals surface area contributed by atoms with E-state index < -0.39 is 16.0 Å².